The fourth-order valence-corrected chi connectivity index (χ4v) is 5.73. The predicted octanol–water partition coefficient (Wildman–Crippen LogP) is 6.99. The summed E-state index contributed by atoms with van der Waals surface area (Å²) in [6, 6.07) is 22.6. The van der Waals surface area contributed by atoms with Crippen molar-refractivity contribution in [1.29, 1.82) is 0 Å². The van der Waals surface area contributed by atoms with Crippen LogP contribution in [0.3, 0.4) is 0 Å². The van der Waals surface area contributed by atoms with Crippen LogP contribution in [0.4, 0.5) is 0 Å². The van der Waals surface area contributed by atoms with Gasteiger partial charge in [-0.1, -0.05) is 81.9 Å². The average molecular weight is 553 g/mol. The second kappa shape index (κ2) is 14.1. The van der Waals surface area contributed by atoms with E-state index in [1.54, 1.807) is 6.07 Å². The number of fused-ring (bicyclic) bond motifs is 1. The first-order valence-electron chi connectivity index (χ1n) is 13.8. The van der Waals surface area contributed by atoms with Gasteiger partial charge in [-0.25, -0.2) is 0 Å². The number of hydrogen-bond acceptors (Lipinski definition) is 4. The Hall–Kier alpha value is -3.66. The van der Waals surface area contributed by atoms with Gasteiger partial charge in [-0.15, -0.1) is 6.58 Å². The molecule has 208 valence electrons. The Kier molecular flexibility index (Phi) is 10.3. The van der Waals surface area contributed by atoms with Gasteiger partial charge in [-0.3, -0.25) is 4.99 Å². The van der Waals surface area contributed by atoms with E-state index in [4.69, 9.17) is 4.99 Å². The third-order valence-corrected chi connectivity index (χ3v) is 8.36. The van der Waals surface area contributed by atoms with Crippen LogP contribution in [-0.2, 0) is 6.42 Å². The molecule has 5 nitrogen and oxygen atoms in total. The summed E-state index contributed by atoms with van der Waals surface area (Å²) in [6.07, 6.45) is 8.98. The first kappa shape index (κ1) is 29.3. The smallest absolute Gasteiger partial charge is 0.131 e. The van der Waals surface area contributed by atoms with Gasteiger partial charge in [-0.05, 0) is 74.5 Å². The molecule has 1 saturated heterocycles. The third-order valence-electron chi connectivity index (χ3n) is 7.38. The fourth-order valence-electron chi connectivity index (χ4n) is 5.06. The Bertz CT molecular complexity index is 1430. The molecule has 2 aliphatic rings. The number of amidine groups is 1. The van der Waals surface area contributed by atoms with Gasteiger partial charge in [0, 0.05) is 24.0 Å². The SMILES string of the molecule is C=C/C(PC)=C1/NC(c2ccccc2O)=CC(=NC2CCN(C)CC2)N1C.C=CCc1cccc2ccccc12. The molecule has 0 aromatic heterocycles. The first-order valence-corrected chi connectivity index (χ1v) is 15.3. The van der Waals surface area contributed by atoms with E-state index in [-0.39, 0.29) is 5.75 Å². The molecule has 40 heavy (non-hydrogen) atoms. The lowest BCUT2D eigenvalue weighted by Crippen LogP contribution is -2.39. The number of rotatable bonds is 6. The topological polar surface area (TPSA) is 51.1 Å². The molecule has 0 amide bonds. The number of aromatic hydroxyl groups is 1. The molecule has 3 aromatic carbocycles. The van der Waals surface area contributed by atoms with Crippen LogP contribution in [0.25, 0.3) is 16.5 Å². The van der Waals surface area contributed by atoms with Crippen molar-refractivity contribution in [1.82, 2.24) is 15.1 Å². The summed E-state index contributed by atoms with van der Waals surface area (Å²) >= 11 is 0. The molecule has 2 aliphatic heterocycles. The molecule has 0 saturated carbocycles. The van der Waals surface area contributed by atoms with E-state index >= 15 is 0 Å². The normalized spacial score (nSPS) is 18.7. The molecule has 2 N–H and O–H groups in total. The number of phenols is 1. The van der Waals surface area contributed by atoms with Crippen LogP contribution < -0.4 is 5.32 Å². The standard InChI is InChI=1S/C21H29N4OP.C13H12/c1-5-19(27-4)21-23-17(16-8-6-7-9-18(16)26)14-20(25(21)3)22-15-10-12-24(2)13-11-15;1-2-6-11-8-5-9-12-7-3-4-10-13(11)12/h5-9,14-15,23,26-27H,1,10-13H2,2-4H3;2-5,7-10H,1,6H2/b21-19+,22-20?;. The van der Waals surface area contributed by atoms with Crippen LogP contribution >= 0.6 is 8.58 Å². The van der Waals surface area contributed by atoms with Crippen molar-refractivity contribution in [3.8, 4) is 5.75 Å². The highest BCUT2D eigenvalue weighted by atomic mass is 31.1. The number of likely N-dealkylation sites (tertiary alicyclic amines) is 1. The van der Waals surface area contributed by atoms with Crippen LogP contribution in [-0.4, -0.2) is 60.6 Å². The zero-order chi connectivity index (χ0) is 28.5. The van der Waals surface area contributed by atoms with E-state index < -0.39 is 0 Å². The molecule has 3 aromatic rings. The summed E-state index contributed by atoms with van der Waals surface area (Å²) in [5.74, 6) is 2.17. The highest BCUT2D eigenvalue weighted by molar-refractivity contribution is 7.42. The quantitative estimate of drug-likeness (QED) is 0.256. The Labute approximate surface area is 241 Å². The molecule has 0 aliphatic carbocycles. The van der Waals surface area contributed by atoms with Gasteiger partial charge in [0.2, 0.25) is 0 Å². The number of nitrogens with zero attached hydrogens (tertiary/aromatic N) is 3. The van der Waals surface area contributed by atoms with Crippen molar-refractivity contribution in [2.24, 2.45) is 4.99 Å². The molecule has 0 spiro atoms. The van der Waals surface area contributed by atoms with E-state index in [0.29, 0.717) is 14.6 Å². The minimum Gasteiger partial charge on any atom is -0.507 e. The highest BCUT2D eigenvalue weighted by Gasteiger charge is 2.24. The number of para-hydroxylation sites is 1. The molecule has 0 bridgehead atoms. The van der Waals surface area contributed by atoms with Crippen molar-refractivity contribution in [2.45, 2.75) is 25.3 Å². The van der Waals surface area contributed by atoms with Gasteiger partial charge < -0.3 is 20.2 Å². The van der Waals surface area contributed by atoms with Crippen LogP contribution in [0.2, 0.25) is 0 Å². The van der Waals surface area contributed by atoms with Crippen molar-refractivity contribution < 1.29 is 5.11 Å². The second-order valence-corrected chi connectivity index (χ2v) is 11.2. The first-order chi connectivity index (χ1) is 19.4. The number of piperidine rings is 1. The van der Waals surface area contributed by atoms with Crippen LogP contribution in [0, 0.1) is 0 Å². The maximum atomic E-state index is 10.3. The largest absolute Gasteiger partial charge is 0.507 e. The number of likely N-dealkylation sites (N-methyl/N-ethyl adjacent to an activating group) is 1. The number of allylic oxidation sites excluding steroid dienone is 3. The van der Waals surface area contributed by atoms with Gasteiger partial charge in [0.1, 0.15) is 17.4 Å². The summed E-state index contributed by atoms with van der Waals surface area (Å²) in [6.45, 7) is 12.0. The maximum Gasteiger partial charge on any atom is 0.131 e. The lowest BCUT2D eigenvalue weighted by Gasteiger charge is -2.34. The van der Waals surface area contributed by atoms with Crippen LogP contribution in [0.15, 0.2) is 114 Å². The van der Waals surface area contributed by atoms with Crippen LogP contribution in [0.1, 0.15) is 24.0 Å². The van der Waals surface area contributed by atoms with E-state index in [1.807, 2.05) is 43.5 Å². The van der Waals surface area contributed by atoms with Crippen molar-refractivity contribution in [3.05, 3.63) is 120 Å². The second-order valence-electron chi connectivity index (χ2n) is 10.1. The summed E-state index contributed by atoms with van der Waals surface area (Å²) in [7, 11) is 4.81. The Morgan fingerprint density at radius 1 is 1.02 bits per heavy atom. The van der Waals surface area contributed by atoms with E-state index in [0.717, 1.165) is 60.6 Å². The Balaban J connectivity index is 0.000000236. The zero-order valence-electron chi connectivity index (χ0n) is 23.9. The monoisotopic (exact) mass is 552 g/mol. The average Bonchev–Trinajstić information content (AvgIpc) is 2.98. The lowest BCUT2D eigenvalue weighted by atomic mass is 10.0. The van der Waals surface area contributed by atoms with E-state index in [2.05, 4.69) is 84.5 Å². The number of aliphatic imine (C=N–C) groups is 1. The number of benzene rings is 3. The molecule has 1 fully saturated rings. The minimum atomic E-state index is 0.262. The molecule has 1 unspecified atom stereocenters. The van der Waals surface area contributed by atoms with Crippen molar-refractivity contribution in [3.63, 3.8) is 0 Å². The van der Waals surface area contributed by atoms with Gasteiger partial charge in [-0.2, -0.15) is 0 Å². The molecule has 2 heterocycles. The van der Waals surface area contributed by atoms with Crippen LogP contribution in [0.5, 0.6) is 5.75 Å². The maximum absolute atomic E-state index is 10.3. The summed E-state index contributed by atoms with van der Waals surface area (Å²) in [4.78, 5) is 9.53. The lowest BCUT2D eigenvalue weighted by molar-refractivity contribution is 0.256. The van der Waals surface area contributed by atoms with Gasteiger partial charge in [0.05, 0.1) is 11.7 Å². The van der Waals surface area contributed by atoms with Crippen molar-refractivity contribution in [2.75, 3.05) is 33.8 Å². The minimum absolute atomic E-state index is 0.262. The highest BCUT2D eigenvalue weighted by Crippen LogP contribution is 2.32. The molecule has 1 atom stereocenters. The molecule has 5 rings (SSSR count). The molecule has 6 heteroatoms. The zero-order valence-corrected chi connectivity index (χ0v) is 24.9. The Morgan fingerprint density at radius 3 is 2.42 bits per heavy atom. The van der Waals surface area contributed by atoms with Gasteiger partial charge in [0.25, 0.3) is 0 Å². The summed E-state index contributed by atoms with van der Waals surface area (Å²) in [5, 5.41) is 17.6. The summed E-state index contributed by atoms with van der Waals surface area (Å²) in [5.41, 5.74) is 3.00. The van der Waals surface area contributed by atoms with E-state index in [1.165, 1.54) is 16.3 Å². The Morgan fingerprint density at radius 2 is 1.73 bits per heavy atom. The molecular weight excluding hydrogens is 511 g/mol. The van der Waals surface area contributed by atoms with Crippen molar-refractivity contribution >= 4 is 30.9 Å². The van der Waals surface area contributed by atoms with E-state index in [9.17, 15) is 5.11 Å². The van der Waals surface area contributed by atoms with Gasteiger partial charge >= 0.3 is 0 Å². The number of phenolic OH excluding ortho intramolecular Hbond substituents is 1. The molecular formula is C34H41N4OP. The predicted molar refractivity (Wildman–Crippen MR) is 174 cm³/mol. The number of hydrogen-bond donors (Lipinski definition) is 2. The fraction of sp³-hybridized carbons (Fsp3) is 0.265. The third kappa shape index (κ3) is 7.10. The molecule has 0 radical (unpaired) electrons. The van der Waals surface area contributed by atoms with Gasteiger partial charge in [0.15, 0.2) is 0 Å². The number of nitrogens with one attached hydrogen (secondary N) is 1. The summed E-state index contributed by atoms with van der Waals surface area (Å²) < 4.78 is 0.